The third-order valence-electron chi connectivity index (χ3n) is 4.13. The molecule has 0 saturated carbocycles. The zero-order valence-electron chi connectivity index (χ0n) is 12.8. The molecule has 1 aliphatic heterocycles. The Labute approximate surface area is 149 Å². The SMILES string of the molecule is O=C1c2cc(Br)ccc2NC(c2ccccc2)N1c1ccccc1. The van der Waals surface area contributed by atoms with E-state index >= 15 is 0 Å². The van der Waals surface area contributed by atoms with E-state index in [1.165, 1.54) is 0 Å². The summed E-state index contributed by atoms with van der Waals surface area (Å²) >= 11 is 3.46. The van der Waals surface area contributed by atoms with Crippen LogP contribution in [0.1, 0.15) is 22.1 Å². The highest BCUT2D eigenvalue weighted by Crippen LogP contribution is 2.37. The van der Waals surface area contributed by atoms with Crippen LogP contribution in [0, 0.1) is 0 Å². The Kier molecular flexibility index (Phi) is 3.82. The number of hydrogen-bond acceptors (Lipinski definition) is 2. The Morgan fingerprint density at radius 3 is 2.25 bits per heavy atom. The van der Waals surface area contributed by atoms with Crippen molar-refractivity contribution in [1.82, 2.24) is 0 Å². The molecule has 1 amide bonds. The summed E-state index contributed by atoms with van der Waals surface area (Å²) in [5.74, 6) is -0.00916. The van der Waals surface area contributed by atoms with Gasteiger partial charge in [-0.1, -0.05) is 64.5 Å². The number of fused-ring (bicyclic) bond motifs is 1. The summed E-state index contributed by atoms with van der Waals surface area (Å²) in [6.45, 7) is 0. The fraction of sp³-hybridized carbons (Fsp3) is 0.0500. The van der Waals surface area contributed by atoms with Gasteiger partial charge in [0, 0.05) is 15.8 Å². The Hall–Kier alpha value is -2.59. The predicted octanol–water partition coefficient (Wildman–Crippen LogP) is 5.22. The van der Waals surface area contributed by atoms with E-state index in [-0.39, 0.29) is 12.1 Å². The van der Waals surface area contributed by atoms with E-state index in [2.05, 4.69) is 21.2 Å². The molecule has 118 valence electrons. The predicted molar refractivity (Wildman–Crippen MR) is 100 cm³/mol. The average molecular weight is 379 g/mol. The fourth-order valence-corrected chi connectivity index (χ4v) is 3.36. The van der Waals surface area contributed by atoms with Crippen molar-refractivity contribution in [3.05, 3.63) is 94.5 Å². The number of halogens is 1. The molecule has 0 bridgehead atoms. The van der Waals surface area contributed by atoms with Gasteiger partial charge in [0.2, 0.25) is 0 Å². The summed E-state index contributed by atoms with van der Waals surface area (Å²) in [6.07, 6.45) is -0.241. The lowest BCUT2D eigenvalue weighted by Crippen LogP contribution is -2.43. The Morgan fingerprint density at radius 2 is 1.54 bits per heavy atom. The minimum absolute atomic E-state index is 0.00916. The van der Waals surface area contributed by atoms with Crippen LogP contribution in [-0.4, -0.2) is 5.91 Å². The van der Waals surface area contributed by atoms with E-state index in [1.54, 1.807) is 0 Å². The number of para-hydroxylation sites is 1. The molecule has 0 saturated heterocycles. The molecule has 1 heterocycles. The van der Waals surface area contributed by atoms with E-state index in [1.807, 2.05) is 83.8 Å². The molecule has 0 aromatic heterocycles. The molecule has 24 heavy (non-hydrogen) atoms. The molecule has 3 aromatic carbocycles. The summed E-state index contributed by atoms with van der Waals surface area (Å²) in [5, 5.41) is 3.50. The monoisotopic (exact) mass is 378 g/mol. The number of carbonyl (C=O) groups excluding carboxylic acids is 1. The smallest absolute Gasteiger partial charge is 0.262 e. The maximum Gasteiger partial charge on any atom is 0.262 e. The number of amides is 1. The number of rotatable bonds is 2. The van der Waals surface area contributed by atoms with Crippen molar-refractivity contribution in [3.63, 3.8) is 0 Å². The maximum atomic E-state index is 13.2. The topological polar surface area (TPSA) is 32.3 Å². The van der Waals surface area contributed by atoms with Gasteiger partial charge in [0.25, 0.3) is 5.91 Å². The van der Waals surface area contributed by atoms with Crippen LogP contribution in [0.15, 0.2) is 83.3 Å². The van der Waals surface area contributed by atoms with Crippen LogP contribution in [0.2, 0.25) is 0 Å². The van der Waals surface area contributed by atoms with Crippen molar-refractivity contribution < 1.29 is 4.79 Å². The minimum atomic E-state index is -0.241. The molecule has 4 rings (SSSR count). The zero-order valence-corrected chi connectivity index (χ0v) is 14.4. The number of carbonyl (C=O) groups is 1. The van der Waals surface area contributed by atoms with Gasteiger partial charge in [-0.25, -0.2) is 0 Å². The van der Waals surface area contributed by atoms with Gasteiger partial charge in [-0.2, -0.15) is 0 Å². The van der Waals surface area contributed by atoms with Crippen LogP contribution < -0.4 is 10.2 Å². The molecule has 3 nitrogen and oxygen atoms in total. The number of hydrogen-bond donors (Lipinski definition) is 1. The second-order valence-electron chi connectivity index (χ2n) is 5.66. The third-order valence-corrected chi connectivity index (χ3v) is 4.62. The molecule has 0 aliphatic carbocycles. The summed E-state index contributed by atoms with van der Waals surface area (Å²) in [7, 11) is 0. The Morgan fingerprint density at radius 1 is 0.875 bits per heavy atom. The third kappa shape index (κ3) is 2.59. The lowest BCUT2D eigenvalue weighted by molar-refractivity contribution is 0.0975. The molecular weight excluding hydrogens is 364 g/mol. The fourth-order valence-electron chi connectivity index (χ4n) is 3.00. The first-order valence-corrected chi connectivity index (χ1v) is 8.53. The molecule has 0 radical (unpaired) electrons. The normalized spacial score (nSPS) is 16.5. The van der Waals surface area contributed by atoms with Crippen LogP contribution >= 0.6 is 15.9 Å². The summed E-state index contributed by atoms with van der Waals surface area (Å²) in [6, 6.07) is 25.5. The van der Waals surface area contributed by atoms with Gasteiger partial charge in [0.05, 0.1) is 5.56 Å². The van der Waals surface area contributed by atoms with Crippen LogP contribution in [-0.2, 0) is 0 Å². The first kappa shape index (κ1) is 15.0. The first-order valence-electron chi connectivity index (χ1n) is 7.74. The van der Waals surface area contributed by atoms with Crippen LogP contribution in [0.25, 0.3) is 0 Å². The highest BCUT2D eigenvalue weighted by molar-refractivity contribution is 9.10. The number of anilines is 2. The molecule has 1 unspecified atom stereocenters. The number of benzene rings is 3. The Balaban J connectivity index is 1.88. The number of nitrogens with zero attached hydrogens (tertiary/aromatic N) is 1. The van der Waals surface area contributed by atoms with E-state index in [9.17, 15) is 4.79 Å². The molecular formula is C20H15BrN2O. The minimum Gasteiger partial charge on any atom is -0.360 e. The first-order chi connectivity index (χ1) is 11.7. The van der Waals surface area contributed by atoms with Crippen molar-refractivity contribution in [2.75, 3.05) is 10.2 Å². The van der Waals surface area contributed by atoms with Crippen LogP contribution in [0.3, 0.4) is 0 Å². The van der Waals surface area contributed by atoms with Crippen LogP contribution in [0.5, 0.6) is 0 Å². The molecule has 1 aliphatic rings. The molecule has 0 fully saturated rings. The molecule has 3 aromatic rings. The van der Waals surface area contributed by atoms with Gasteiger partial charge in [0.1, 0.15) is 6.17 Å². The number of nitrogens with one attached hydrogen (secondary N) is 1. The van der Waals surface area contributed by atoms with Gasteiger partial charge in [-0.05, 0) is 35.9 Å². The van der Waals surface area contributed by atoms with Crippen molar-refractivity contribution in [1.29, 1.82) is 0 Å². The van der Waals surface area contributed by atoms with Crippen molar-refractivity contribution in [2.45, 2.75) is 6.17 Å². The average Bonchev–Trinajstić information content (AvgIpc) is 2.63. The van der Waals surface area contributed by atoms with Crippen molar-refractivity contribution >= 4 is 33.2 Å². The summed E-state index contributed by atoms with van der Waals surface area (Å²) < 4.78 is 0.891. The lowest BCUT2D eigenvalue weighted by atomic mass is 10.0. The second kappa shape index (κ2) is 6.13. The molecule has 1 atom stereocenters. The lowest BCUT2D eigenvalue weighted by Gasteiger charge is -2.38. The van der Waals surface area contributed by atoms with E-state index < -0.39 is 0 Å². The summed E-state index contributed by atoms with van der Waals surface area (Å²) in [4.78, 5) is 15.0. The highest BCUT2D eigenvalue weighted by atomic mass is 79.9. The summed E-state index contributed by atoms with van der Waals surface area (Å²) in [5.41, 5.74) is 3.43. The second-order valence-corrected chi connectivity index (χ2v) is 6.57. The van der Waals surface area contributed by atoms with Crippen LogP contribution in [0.4, 0.5) is 11.4 Å². The van der Waals surface area contributed by atoms with Gasteiger partial charge in [-0.3, -0.25) is 9.69 Å². The van der Waals surface area contributed by atoms with Gasteiger partial charge in [-0.15, -0.1) is 0 Å². The highest BCUT2D eigenvalue weighted by Gasteiger charge is 2.34. The zero-order chi connectivity index (χ0) is 16.5. The largest absolute Gasteiger partial charge is 0.360 e. The van der Waals surface area contributed by atoms with E-state index in [0.717, 1.165) is 21.4 Å². The van der Waals surface area contributed by atoms with Gasteiger partial charge >= 0.3 is 0 Å². The molecule has 1 N–H and O–H groups in total. The molecule has 4 heteroatoms. The van der Waals surface area contributed by atoms with Crippen molar-refractivity contribution in [3.8, 4) is 0 Å². The van der Waals surface area contributed by atoms with Gasteiger partial charge < -0.3 is 5.32 Å². The standard InChI is InChI=1S/C20H15BrN2O/c21-15-11-12-18-17(13-15)20(24)23(16-9-5-2-6-10-16)19(22-18)14-7-3-1-4-8-14/h1-13,19,22H. The van der Waals surface area contributed by atoms with E-state index in [4.69, 9.17) is 0 Å². The van der Waals surface area contributed by atoms with Crippen molar-refractivity contribution in [2.24, 2.45) is 0 Å². The van der Waals surface area contributed by atoms with Gasteiger partial charge in [0.15, 0.2) is 0 Å². The molecule has 0 spiro atoms. The maximum absolute atomic E-state index is 13.2. The van der Waals surface area contributed by atoms with E-state index in [0.29, 0.717) is 5.56 Å². The quantitative estimate of drug-likeness (QED) is 0.662. The Bertz CT molecular complexity index is 881.